The van der Waals surface area contributed by atoms with E-state index in [0.717, 1.165) is 22.3 Å². The third-order valence-electron chi connectivity index (χ3n) is 3.16. The second-order valence-electron chi connectivity index (χ2n) is 4.53. The van der Waals surface area contributed by atoms with E-state index in [1.807, 2.05) is 31.2 Å². The van der Waals surface area contributed by atoms with Crippen LogP contribution in [0.5, 0.6) is 5.75 Å². The number of rotatable bonds is 3. The number of fused-ring (bicyclic) bond motifs is 1. The van der Waals surface area contributed by atoms with Gasteiger partial charge in [0.25, 0.3) is 5.91 Å². The maximum absolute atomic E-state index is 11.8. The molecule has 0 radical (unpaired) electrons. The molecule has 0 fully saturated rings. The number of carbonyl (C=O) groups is 1. The first kappa shape index (κ1) is 13.2. The number of amides is 1. The summed E-state index contributed by atoms with van der Waals surface area (Å²) in [6.45, 7) is 2.30. The topological polar surface area (TPSA) is 75.7 Å². The lowest BCUT2D eigenvalue weighted by Gasteiger charge is -2.00. The molecule has 6 heteroatoms. The third kappa shape index (κ3) is 2.47. The van der Waals surface area contributed by atoms with Crippen LogP contribution >= 0.6 is 0 Å². The van der Waals surface area contributed by atoms with E-state index < -0.39 is 0 Å². The van der Waals surface area contributed by atoms with E-state index in [9.17, 15) is 4.79 Å². The number of carbonyl (C=O) groups excluding carboxylic acids is 1. The number of hydrogen-bond acceptors (Lipinski definition) is 4. The van der Waals surface area contributed by atoms with Crippen LogP contribution in [-0.2, 0) is 9.53 Å². The van der Waals surface area contributed by atoms with Crippen molar-refractivity contribution in [3.8, 4) is 5.75 Å². The van der Waals surface area contributed by atoms with Crippen LogP contribution in [0.3, 0.4) is 0 Å². The molecule has 0 aliphatic carbocycles. The fourth-order valence-electron chi connectivity index (χ4n) is 2.19. The molecule has 1 amide bonds. The monoisotopic (exact) mass is 285 g/mol. The van der Waals surface area contributed by atoms with E-state index in [0.29, 0.717) is 18.1 Å². The van der Waals surface area contributed by atoms with Crippen LogP contribution in [0.2, 0.25) is 0 Å². The fourth-order valence-corrected chi connectivity index (χ4v) is 2.19. The summed E-state index contributed by atoms with van der Waals surface area (Å²) in [6.07, 6.45) is 1.73. The molecule has 2 heterocycles. The Labute approximate surface area is 121 Å². The van der Waals surface area contributed by atoms with Gasteiger partial charge in [0.15, 0.2) is 0 Å². The van der Waals surface area contributed by atoms with Gasteiger partial charge in [-0.3, -0.25) is 4.79 Å². The lowest BCUT2D eigenvalue weighted by atomic mass is 10.2. The molecule has 2 N–H and O–H groups in total. The number of aromatic amines is 1. The summed E-state index contributed by atoms with van der Waals surface area (Å²) in [5, 5.41) is 4.87. The van der Waals surface area contributed by atoms with Gasteiger partial charge >= 0.3 is 0 Å². The molecule has 108 valence electrons. The zero-order chi connectivity index (χ0) is 14.8. The van der Waals surface area contributed by atoms with Crippen LogP contribution in [0.25, 0.3) is 17.0 Å². The summed E-state index contributed by atoms with van der Waals surface area (Å²) in [4.78, 5) is 15.0. The molecular weight excluding hydrogens is 270 g/mol. The molecule has 1 aliphatic heterocycles. The van der Waals surface area contributed by atoms with Crippen LogP contribution in [0.15, 0.2) is 34.9 Å². The van der Waals surface area contributed by atoms with Gasteiger partial charge in [0.05, 0.1) is 13.7 Å². The van der Waals surface area contributed by atoms with Crippen molar-refractivity contribution < 1.29 is 14.3 Å². The summed E-state index contributed by atoms with van der Waals surface area (Å²) in [5.41, 5.74) is 4.58. The predicted octanol–water partition coefficient (Wildman–Crippen LogP) is 2.04. The van der Waals surface area contributed by atoms with Gasteiger partial charge in [-0.25, -0.2) is 5.43 Å². The Morgan fingerprint density at radius 1 is 1.33 bits per heavy atom. The smallest absolute Gasteiger partial charge is 0.277 e. The van der Waals surface area contributed by atoms with E-state index in [1.165, 1.54) is 0 Å². The molecule has 21 heavy (non-hydrogen) atoms. The third-order valence-corrected chi connectivity index (χ3v) is 3.16. The lowest BCUT2D eigenvalue weighted by Crippen LogP contribution is -2.14. The van der Waals surface area contributed by atoms with Crippen molar-refractivity contribution in [2.75, 3.05) is 13.7 Å². The molecule has 1 aromatic carbocycles. The zero-order valence-corrected chi connectivity index (χ0v) is 11.8. The molecule has 0 saturated heterocycles. The van der Waals surface area contributed by atoms with Crippen molar-refractivity contribution in [2.45, 2.75) is 6.92 Å². The number of benzene rings is 1. The van der Waals surface area contributed by atoms with Gasteiger partial charge < -0.3 is 14.5 Å². The van der Waals surface area contributed by atoms with Crippen LogP contribution in [0, 0.1) is 0 Å². The Morgan fingerprint density at radius 2 is 2.19 bits per heavy atom. The van der Waals surface area contributed by atoms with E-state index in [-0.39, 0.29) is 5.91 Å². The average molecular weight is 285 g/mol. The number of aromatic nitrogens is 1. The highest BCUT2D eigenvalue weighted by Gasteiger charge is 2.24. The van der Waals surface area contributed by atoms with Crippen molar-refractivity contribution >= 4 is 28.8 Å². The maximum atomic E-state index is 11.8. The van der Waals surface area contributed by atoms with Crippen molar-refractivity contribution in [3.05, 3.63) is 35.5 Å². The van der Waals surface area contributed by atoms with Gasteiger partial charge in [0, 0.05) is 16.6 Å². The van der Waals surface area contributed by atoms with Gasteiger partial charge in [0.2, 0.25) is 5.90 Å². The largest absolute Gasteiger partial charge is 0.497 e. The van der Waals surface area contributed by atoms with Crippen LogP contribution < -0.4 is 10.2 Å². The molecule has 0 bridgehead atoms. The van der Waals surface area contributed by atoms with E-state index in [4.69, 9.17) is 9.47 Å². The molecule has 1 aliphatic rings. The minimum atomic E-state index is -0.269. The zero-order valence-electron chi connectivity index (χ0n) is 11.8. The summed E-state index contributed by atoms with van der Waals surface area (Å²) < 4.78 is 10.5. The lowest BCUT2D eigenvalue weighted by molar-refractivity contribution is -0.116. The second kappa shape index (κ2) is 5.32. The standard InChI is InChI=1S/C15H15N3O3/c1-3-21-15-12(14(19)17-18-15)8-10-6-9-7-11(20-2)4-5-13(9)16-10/h4-8,16H,3H2,1-2H3,(H,17,19)/b12-8+. The van der Waals surface area contributed by atoms with E-state index in [2.05, 4.69) is 15.5 Å². The quantitative estimate of drug-likeness (QED) is 0.847. The van der Waals surface area contributed by atoms with Gasteiger partial charge in [0.1, 0.15) is 11.3 Å². The Bertz CT molecular complexity index is 759. The highest BCUT2D eigenvalue weighted by molar-refractivity contribution is 6.24. The van der Waals surface area contributed by atoms with Crippen LogP contribution in [0.4, 0.5) is 0 Å². The predicted molar refractivity (Wildman–Crippen MR) is 80.0 cm³/mol. The van der Waals surface area contributed by atoms with Crippen LogP contribution in [-0.4, -0.2) is 30.5 Å². The first-order chi connectivity index (χ1) is 10.2. The minimum absolute atomic E-state index is 0.269. The number of hydrazone groups is 1. The molecule has 0 spiro atoms. The fraction of sp³-hybridized carbons (Fsp3) is 0.200. The average Bonchev–Trinajstić information content (AvgIpc) is 3.04. The number of H-pyrrole nitrogens is 1. The SMILES string of the molecule is CCOC1=NNC(=O)/C1=C\c1cc2cc(OC)ccc2[nH]1. The number of nitrogens with zero attached hydrogens (tertiary/aromatic N) is 1. The Kier molecular flexibility index (Phi) is 3.35. The first-order valence-electron chi connectivity index (χ1n) is 6.61. The van der Waals surface area contributed by atoms with Gasteiger partial charge in [-0.15, -0.1) is 5.10 Å². The molecule has 0 unspecified atom stereocenters. The summed E-state index contributed by atoms with van der Waals surface area (Å²) in [5.74, 6) is 0.837. The first-order valence-corrected chi connectivity index (χ1v) is 6.61. The molecule has 0 saturated carbocycles. The van der Waals surface area contributed by atoms with Crippen molar-refractivity contribution in [2.24, 2.45) is 5.10 Å². The number of methoxy groups -OCH3 is 1. The van der Waals surface area contributed by atoms with Crippen molar-refractivity contribution in [3.63, 3.8) is 0 Å². The van der Waals surface area contributed by atoms with Crippen molar-refractivity contribution in [1.29, 1.82) is 0 Å². The normalized spacial score (nSPS) is 16.2. The van der Waals surface area contributed by atoms with Gasteiger partial charge in [-0.2, -0.15) is 0 Å². The summed E-state index contributed by atoms with van der Waals surface area (Å²) in [6, 6.07) is 7.69. The molecule has 6 nitrogen and oxygen atoms in total. The van der Waals surface area contributed by atoms with Crippen molar-refractivity contribution in [1.82, 2.24) is 10.4 Å². The highest BCUT2D eigenvalue weighted by Crippen LogP contribution is 2.23. The summed E-state index contributed by atoms with van der Waals surface area (Å²) >= 11 is 0. The number of nitrogens with one attached hydrogen (secondary N) is 2. The second-order valence-corrected chi connectivity index (χ2v) is 4.53. The number of ether oxygens (including phenoxy) is 2. The minimum Gasteiger partial charge on any atom is -0.497 e. The molecule has 1 aromatic heterocycles. The maximum Gasteiger partial charge on any atom is 0.277 e. The summed E-state index contributed by atoms with van der Waals surface area (Å²) in [7, 11) is 1.63. The molecular formula is C15H15N3O3. The van der Waals surface area contributed by atoms with Gasteiger partial charge in [-0.05, 0) is 37.3 Å². The Balaban J connectivity index is 1.98. The van der Waals surface area contributed by atoms with E-state index in [1.54, 1.807) is 13.2 Å². The number of hydrogen-bond donors (Lipinski definition) is 2. The molecule has 2 aromatic rings. The van der Waals surface area contributed by atoms with Crippen LogP contribution in [0.1, 0.15) is 12.6 Å². The van der Waals surface area contributed by atoms with Gasteiger partial charge in [-0.1, -0.05) is 0 Å². The molecule has 3 rings (SSSR count). The molecule has 0 atom stereocenters. The Hall–Kier alpha value is -2.76. The highest BCUT2D eigenvalue weighted by atomic mass is 16.5. The Morgan fingerprint density at radius 3 is 2.95 bits per heavy atom. The van der Waals surface area contributed by atoms with E-state index >= 15 is 0 Å².